The molecule has 0 aromatic heterocycles. The second-order valence-corrected chi connectivity index (χ2v) is 9.70. The molecule has 162 valence electrons. The number of hydrogen-bond acceptors (Lipinski definition) is 7. The van der Waals surface area contributed by atoms with Crippen molar-refractivity contribution in [3.63, 3.8) is 0 Å². The maximum absolute atomic E-state index is 6.42. The Morgan fingerprint density at radius 1 is 1.07 bits per heavy atom. The molecule has 0 aromatic rings. The standard InChI is InChI=1S/C21H38N2O5/c1-14-6-7-17-15(2)18(24-13-11-22-10-12-23(4)5)25-19-21(17)16(14)8-9-20(3,26-19)27-28-21/h14-19,22H,6-13H2,1-5H3/t14-,15-,16+,17+,18+,19-,20-,21-/m1/s1. The van der Waals surface area contributed by atoms with Crippen LogP contribution in [0.4, 0.5) is 0 Å². The Balaban J connectivity index is 1.43. The van der Waals surface area contributed by atoms with Gasteiger partial charge in [-0.3, -0.25) is 0 Å². The Morgan fingerprint density at radius 2 is 1.89 bits per heavy atom. The lowest BCUT2D eigenvalue weighted by molar-refractivity contribution is -0.577. The Kier molecular flexibility index (Phi) is 6.07. The molecular formula is C21H38N2O5. The van der Waals surface area contributed by atoms with Crippen molar-refractivity contribution in [3.8, 4) is 0 Å². The second kappa shape index (κ2) is 8.10. The van der Waals surface area contributed by atoms with Gasteiger partial charge in [0.05, 0.1) is 6.61 Å². The quantitative estimate of drug-likeness (QED) is 0.522. The molecule has 1 N–H and O–H groups in total. The van der Waals surface area contributed by atoms with Crippen LogP contribution in [-0.2, 0) is 24.0 Å². The minimum absolute atomic E-state index is 0.239. The molecule has 0 radical (unpaired) electrons. The minimum atomic E-state index is -0.726. The van der Waals surface area contributed by atoms with Gasteiger partial charge in [0.2, 0.25) is 5.79 Å². The van der Waals surface area contributed by atoms with E-state index in [2.05, 4.69) is 38.2 Å². The lowest BCUT2D eigenvalue weighted by atomic mass is 9.58. The van der Waals surface area contributed by atoms with Crippen LogP contribution in [0.25, 0.3) is 0 Å². The van der Waals surface area contributed by atoms with Crippen LogP contribution in [0.5, 0.6) is 0 Å². The predicted molar refractivity (Wildman–Crippen MR) is 104 cm³/mol. The third kappa shape index (κ3) is 3.64. The van der Waals surface area contributed by atoms with Crippen LogP contribution in [0.15, 0.2) is 0 Å². The Bertz CT molecular complexity index is 549. The number of fused-ring (bicyclic) bond motifs is 2. The molecule has 5 rings (SSSR count). The molecule has 0 amide bonds. The van der Waals surface area contributed by atoms with Gasteiger partial charge in [0.15, 0.2) is 18.2 Å². The largest absolute Gasteiger partial charge is 0.351 e. The summed E-state index contributed by atoms with van der Waals surface area (Å²) in [5.74, 6) is 0.817. The van der Waals surface area contributed by atoms with Gasteiger partial charge in [-0.25, -0.2) is 9.78 Å². The van der Waals surface area contributed by atoms with Crippen LogP contribution in [0, 0.1) is 23.7 Å². The van der Waals surface area contributed by atoms with Gasteiger partial charge in [-0.2, -0.15) is 0 Å². The summed E-state index contributed by atoms with van der Waals surface area (Å²) in [6.07, 6.45) is 3.52. The average Bonchev–Trinajstić information content (AvgIpc) is 2.88. The van der Waals surface area contributed by atoms with Crippen molar-refractivity contribution in [1.29, 1.82) is 0 Å². The molecule has 4 aliphatic heterocycles. The van der Waals surface area contributed by atoms with Gasteiger partial charge in [0.1, 0.15) is 0 Å². The van der Waals surface area contributed by atoms with Crippen molar-refractivity contribution >= 4 is 0 Å². The topological polar surface area (TPSA) is 61.4 Å². The molecule has 5 fully saturated rings. The van der Waals surface area contributed by atoms with Gasteiger partial charge < -0.3 is 24.4 Å². The van der Waals surface area contributed by atoms with Crippen molar-refractivity contribution in [2.45, 2.75) is 70.4 Å². The van der Waals surface area contributed by atoms with Crippen molar-refractivity contribution in [2.24, 2.45) is 23.7 Å². The molecule has 2 bridgehead atoms. The van der Waals surface area contributed by atoms with Gasteiger partial charge in [-0.15, -0.1) is 0 Å². The van der Waals surface area contributed by atoms with E-state index in [9.17, 15) is 0 Å². The van der Waals surface area contributed by atoms with E-state index in [1.165, 1.54) is 6.42 Å². The van der Waals surface area contributed by atoms with Gasteiger partial charge in [-0.05, 0) is 52.1 Å². The molecule has 28 heavy (non-hydrogen) atoms. The van der Waals surface area contributed by atoms with Gasteiger partial charge in [-0.1, -0.05) is 13.8 Å². The molecule has 1 aliphatic carbocycles. The molecule has 1 saturated carbocycles. The van der Waals surface area contributed by atoms with E-state index < -0.39 is 17.7 Å². The summed E-state index contributed by atoms with van der Waals surface area (Å²) in [5.41, 5.74) is -0.503. The van der Waals surface area contributed by atoms with Gasteiger partial charge in [0.25, 0.3) is 0 Å². The molecule has 8 atom stereocenters. The summed E-state index contributed by atoms with van der Waals surface area (Å²) in [6, 6.07) is 0. The number of hydrogen-bond donors (Lipinski definition) is 1. The van der Waals surface area contributed by atoms with Crippen LogP contribution in [0.2, 0.25) is 0 Å². The van der Waals surface area contributed by atoms with Crippen molar-refractivity contribution < 1.29 is 24.0 Å². The second-order valence-electron chi connectivity index (χ2n) is 9.70. The molecular weight excluding hydrogens is 360 g/mol. The third-order valence-electron chi connectivity index (χ3n) is 7.39. The molecule has 0 unspecified atom stereocenters. The number of nitrogens with one attached hydrogen (secondary N) is 1. The van der Waals surface area contributed by atoms with Crippen LogP contribution >= 0.6 is 0 Å². The van der Waals surface area contributed by atoms with Crippen LogP contribution in [0.3, 0.4) is 0 Å². The Morgan fingerprint density at radius 3 is 2.68 bits per heavy atom. The van der Waals surface area contributed by atoms with Gasteiger partial charge >= 0.3 is 0 Å². The molecule has 0 aromatic carbocycles. The van der Waals surface area contributed by atoms with Crippen LogP contribution in [0.1, 0.15) is 46.5 Å². The summed E-state index contributed by atoms with van der Waals surface area (Å²) in [5, 5.41) is 3.42. The van der Waals surface area contributed by atoms with Crippen molar-refractivity contribution in [1.82, 2.24) is 10.2 Å². The number of likely N-dealkylation sites (N-methyl/N-ethyl adjacent to an activating group) is 1. The lowest BCUT2D eigenvalue weighted by Gasteiger charge is -2.60. The number of rotatable bonds is 7. The van der Waals surface area contributed by atoms with E-state index in [-0.39, 0.29) is 12.2 Å². The molecule has 5 aliphatic rings. The third-order valence-corrected chi connectivity index (χ3v) is 7.39. The fourth-order valence-corrected chi connectivity index (χ4v) is 5.74. The van der Waals surface area contributed by atoms with Crippen LogP contribution < -0.4 is 5.32 Å². The first-order chi connectivity index (χ1) is 13.4. The monoisotopic (exact) mass is 398 g/mol. The summed E-state index contributed by atoms with van der Waals surface area (Å²) < 4.78 is 18.9. The molecule has 7 heteroatoms. The fourth-order valence-electron chi connectivity index (χ4n) is 5.74. The van der Waals surface area contributed by atoms with E-state index >= 15 is 0 Å². The highest BCUT2D eigenvalue weighted by Crippen LogP contribution is 2.60. The maximum Gasteiger partial charge on any atom is 0.201 e. The lowest BCUT2D eigenvalue weighted by Crippen LogP contribution is -2.70. The molecule has 1 spiro atoms. The predicted octanol–water partition coefficient (Wildman–Crippen LogP) is 2.36. The normalized spacial score (nSPS) is 47.8. The van der Waals surface area contributed by atoms with Crippen LogP contribution in [-0.4, -0.2) is 69.2 Å². The zero-order valence-corrected chi connectivity index (χ0v) is 18.1. The first-order valence-corrected chi connectivity index (χ1v) is 11.0. The number of ether oxygens (including phenoxy) is 3. The highest BCUT2D eigenvalue weighted by atomic mass is 17.3. The zero-order valence-electron chi connectivity index (χ0n) is 18.1. The summed E-state index contributed by atoms with van der Waals surface area (Å²) in [7, 11) is 4.16. The zero-order chi connectivity index (χ0) is 19.9. The molecule has 7 nitrogen and oxygen atoms in total. The smallest absolute Gasteiger partial charge is 0.201 e. The first-order valence-electron chi connectivity index (χ1n) is 11.0. The highest BCUT2D eigenvalue weighted by Gasteiger charge is 2.69. The van der Waals surface area contributed by atoms with E-state index in [1.54, 1.807) is 0 Å². The SMILES string of the molecule is C[C@H]1[C@@H](OCCNCCN(C)C)O[C@@H]2O[C@@]3(C)CC[C@H]4[C@H](C)CC[C@@H]1[C@@]24OO3. The Hall–Kier alpha value is -0.280. The molecule has 4 saturated heterocycles. The van der Waals surface area contributed by atoms with E-state index in [4.69, 9.17) is 24.0 Å². The Labute approximate surface area is 169 Å². The van der Waals surface area contributed by atoms with Crippen molar-refractivity contribution in [2.75, 3.05) is 40.3 Å². The molecule has 4 heterocycles. The van der Waals surface area contributed by atoms with E-state index in [1.807, 2.05) is 6.92 Å². The van der Waals surface area contributed by atoms with Gasteiger partial charge in [0, 0.05) is 37.9 Å². The summed E-state index contributed by atoms with van der Waals surface area (Å²) in [4.78, 5) is 14.2. The minimum Gasteiger partial charge on any atom is -0.351 e. The first kappa shape index (κ1) is 21.0. The van der Waals surface area contributed by atoms with Crippen molar-refractivity contribution in [3.05, 3.63) is 0 Å². The average molecular weight is 399 g/mol. The fraction of sp³-hybridized carbons (Fsp3) is 1.00. The summed E-state index contributed by atoms with van der Waals surface area (Å²) >= 11 is 0. The number of nitrogens with zero attached hydrogens (tertiary/aromatic N) is 1. The highest BCUT2D eigenvalue weighted by molar-refractivity contribution is 5.09. The summed E-state index contributed by atoms with van der Waals surface area (Å²) in [6.45, 7) is 9.95. The van der Waals surface area contributed by atoms with E-state index in [0.29, 0.717) is 24.4 Å². The van der Waals surface area contributed by atoms with E-state index in [0.717, 1.165) is 38.9 Å². The maximum atomic E-state index is 6.42.